The van der Waals surface area contributed by atoms with E-state index in [1.165, 1.54) is 19.3 Å². The Kier molecular flexibility index (Phi) is 7.69. The molecule has 0 unspecified atom stereocenters. The molecule has 0 bridgehead atoms. The van der Waals surface area contributed by atoms with Crippen LogP contribution in [-0.2, 0) is 4.79 Å². The molecule has 0 aromatic heterocycles. The molecule has 1 aromatic carbocycles. The maximum absolute atomic E-state index is 11.6. The number of benzene rings is 1. The quantitative estimate of drug-likeness (QED) is 0.721. The van der Waals surface area contributed by atoms with E-state index in [9.17, 15) is 4.79 Å². The zero-order valence-corrected chi connectivity index (χ0v) is 12.4. The number of nitrogens with one attached hydrogen (secondary N) is 2. The van der Waals surface area contributed by atoms with E-state index in [1.807, 2.05) is 24.3 Å². The van der Waals surface area contributed by atoms with Gasteiger partial charge in [-0.2, -0.15) is 0 Å². The van der Waals surface area contributed by atoms with E-state index in [0.717, 1.165) is 23.1 Å². The third kappa shape index (κ3) is 6.77. The van der Waals surface area contributed by atoms with Crippen LogP contribution in [0.1, 0.15) is 32.6 Å². The SMILES string of the molecule is CCCCCCNCC(=O)Nc1cccc(Br)c1. The molecule has 0 spiro atoms. The standard InChI is InChI=1S/C14H21BrN2O/c1-2-3-4-5-9-16-11-14(18)17-13-8-6-7-12(15)10-13/h6-8,10,16H,2-5,9,11H2,1H3,(H,17,18). The van der Waals surface area contributed by atoms with Crippen LogP contribution in [0.3, 0.4) is 0 Å². The van der Waals surface area contributed by atoms with Crippen LogP contribution in [0.5, 0.6) is 0 Å². The maximum atomic E-state index is 11.6. The lowest BCUT2D eigenvalue weighted by atomic mass is 10.2. The second-order valence-corrected chi connectivity index (χ2v) is 5.21. The summed E-state index contributed by atoms with van der Waals surface area (Å²) in [7, 11) is 0. The van der Waals surface area contributed by atoms with Crippen LogP contribution in [0.2, 0.25) is 0 Å². The van der Waals surface area contributed by atoms with Crippen molar-refractivity contribution in [2.75, 3.05) is 18.4 Å². The first-order valence-electron chi connectivity index (χ1n) is 6.48. The Morgan fingerprint density at radius 3 is 2.83 bits per heavy atom. The molecule has 0 aliphatic heterocycles. The number of halogens is 1. The van der Waals surface area contributed by atoms with E-state index in [1.54, 1.807) is 0 Å². The Labute approximate surface area is 117 Å². The minimum Gasteiger partial charge on any atom is -0.325 e. The van der Waals surface area contributed by atoms with Crippen LogP contribution in [0, 0.1) is 0 Å². The summed E-state index contributed by atoms with van der Waals surface area (Å²) >= 11 is 3.37. The summed E-state index contributed by atoms with van der Waals surface area (Å²) in [6.45, 7) is 3.48. The average molecular weight is 313 g/mol. The topological polar surface area (TPSA) is 41.1 Å². The minimum atomic E-state index is 0.00333. The first kappa shape index (κ1) is 15.2. The molecular formula is C14H21BrN2O. The number of unbranched alkanes of at least 4 members (excludes halogenated alkanes) is 3. The summed E-state index contributed by atoms with van der Waals surface area (Å²) in [5, 5.41) is 6.01. The fourth-order valence-corrected chi connectivity index (χ4v) is 2.05. The van der Waals surface area contributed by atoms with E-state index in [-0.39, 0.29) is 5.91 Å². The molecule has 0 heterocycles. The molecule has 1 rings (SSSR count). The Bertz CT molecular complexity index is 369. The highest BCUT2D eigenvalue weighted by molar-refractivity contribution is 9.10. The van der Waals surface area contributed by atoms with Crippen LogP contribution in [0.15, 0.2) is 28.7 Å². The molecule has 0 aliphatic carbocycles. The van der Waals surface area contributed by atoms with Crippen LogP contribution in [0.4, 0.5) is 5.69 Å². The van der Waals surface area contributed by atoms with Crippen molar-refractivity contribution in [2.45, 2.75) is 32.6 Å². The fourth-order valence-electron chi connectivity index (χ4n) is 1.65. The predicted octanol–water partition coefficient (Wildman–Crippen LogP) is 3.56. The number of anilines is 1. The monoisotopic (exact) mass is 312 g/mol. The number of hydrogen-bond acceptors (Lipinski definition) is 2. The van der Waals surface area contributed by atoms with Crippen molar-refractivity contribution in [3.63, 3.8) is 0 Å². The molecule has 1 amide bonds. The molecule has 1 aromatic rings. The number of amides is 1. The molecule has 0 aliphatic rings. The van der Waals surface area contributed by atoms with E-state index >= 15 is 0 Å². The number of carbonyl (C=O) groups is 1. The summed E-state index contributed by atoms with van der Waals surface area (Å²) in [5.41, 5.74) is 0.821. The molecule has 2 N–H and O–H groups in total. The van der Waals surface area contributed by atoms with Gasteiger partial charge >= 0.3 is 0 Å². The fraction of sp³-hybridized carbons (Fsp3) is 0.500. The molecule has 3 nitrogen and oxygen atoms in total. The molecule has 4 heteroatoms. The Morgan fingerprint density at radius 1 is 1.28 bits per heavy atom. The van der Waals surface area contributed by atoms with Gasteiger partial charge in [0, 0.05) is 10.2 Å². The van der Waals surface area contributed by atoms with Gasteiger partial charge in [-0.05, 0) is 31.2 Å². The molecule has 0 atom stereocenters. The summed E-state index contributed by atoms with van der Waals surface area (Å²) < 4.78 is 0.966. The summed E-state index contributed by atoms with van der Waals surface area (Å²) in [5.74, 6) is 0.00333. The summed E-state index contributed by atoms with van der Waals surface area (Å²) in [4.78, 5) is 11.6. The molecular weight excluding hydrogens is 292 g/mol. The second kappa shape index (κ2) is 9.11. The van der Waals surface area contributed by atoms with Crippen molar-refractivity contribution in [3.05, 3.63) is 28.7 Å². The predicted molar refractivity (Wildman–Crippen MR) is 79.8 cm³/mol. The smallest absolute Gasteiger partial charge is 0.238 e. The highest BCUT2D eigenvalue weighted by atomic mass is 79.9. The second-order valence-electron chi connectivity index (χ2n) is 4.30. The first-order chi connectivity index (χ1) is 8.72. The molecule has 18 heavy (non-hydrogen) atoms. The molecule has 100 valence electrons. The van der Waals surface area contributed by atoms with E-state index in [2.05, 4.69) is 33.5 Å². The Hall–Kier alpha value is -0.870. The summed E-state index contributed by atoms with van der Waals surface area (Å²) in [6.07, 6.45) is 4.88. The molecule has 0 saturated carbocycles. The van der Waals surface area contributed by atoms with Crippen molar-refractivity contribution in [1.82, 2.24) is 5.32 Å². The number of carbonyl (C=O) groups excluding carboxylic acids is 1. The van der Waals surface area contributed by atoms with Gasteiger partial charge in [0.15, 0.2) is 0 Å². The van der Waals surface area contributed by atoms with Crippen molar-refractivity contribution >= 4 is 27.5 Å². The van der Waals surface area contributed by atoms with Crippen molar-refractivity contribution < 1.29 is 4.79 Å². The van der Waals surface area contributed by atoms with Gasteiger partial charge in [0.05, 0.1) is 6.54 Å². The minimum absolute atomic E-state index is 0.00333. The number of hydrogen-bond donors (Lipinski definition) is 2. The zero-order valence-electron chi connectivity index (χ0n) is 10.8. The third-order valence-electron chi connectivity index (χ3n) is 2.60. The summed E-state index contributed by atoms with van der Waals surface area (Å²) in [6, 6.07) is 7.60. The first-order valence-corrected chi connectivity index (χ1v) is 7.28. The lowest BCUT2D eigenvalue weighted by Gasteiger charge is -2.07. The van der Waals surface area contributed by atoms with E-state index in [4.69, 9.17) is 0 Å². The van der Waals surface area contributed by atoms with Crippen molar-refractivity contribution in [2.24, 2.45) is 0 Å². The van der Waals surface area contributed by atoms with Crippen LogP contribution in [-0.4, -0.2) is 19.0 Å². The highest BCUT2D eigenvalue weighted by Gasteiger charge is 2.01. The van der Waals surface area contributed by atoms with Crippen LogP contribution in [0.25, 0.3) is 0 Å². The van der Waals surface area contributed by atoms with Gasteiger partial charge in [-0.15, -0.1) is 0 Å². The van der Waals surface area contributed by atoms with Gasteiger partial charge in [0.1, 0.15) is 0 Å². The van der Waals surface area contributed by atoms with Crippen LogP contribution < -0.4 is 10.6 Å². The lowest BCUT2D eigenvalue weighted by Crippen LogP contribution is -2.28. The van der Waals surface area contributed by atoms with E-state index < -0.39 is 0 Å². The zero-order chi connectivity index (χ0) is 13.2. The highest BCUT2D eigenvalue weighted by Crippen LogP contribution is 2.15. The van der Waals surface area contributed by atoms with Gasteiger partial charge in [0.2, 0.25) is 5.91 Å². The number of rotatable bonds is 8. The lowest BCUT2D eigenvalue weighted by molar-refractivity contribution is -0.115. The van der Waals surface area contributed by atoms with Crippen molar-refractivity contribution in [3.8, 4) is 0 Å². The normalized spacial score (nSPS) is 10.3. The molecule has 0 fully saturated rings. The van der Waals surface area contributed by atoms with Gasteiger partial charge in [-0.3, -0.25) is 4.79 Å². The average Bonchev–Trinajstić information content (AvgIpc) is 2.33. The van der Waals surface area contributed by atoms with Gasteiger partial charge in [0.25, 0.3) is 0 Å². The van der Waals surface area contributed by atoms with Gasteiger partial charge in [-0.1, -0.05) is 48.2 Å². The maximum Gasteiger partial charge on any atom is 0.238 e. The Balaban J connectivity index is 2.14. The van der Waals surface area contributed by atoms with Crippen molar-refractivity contribution in [1.29, 1.82) is 0 Å². The third-order valence-corrected chi connectivity index (χ3v) is 3.09. The van der Waals surface area contributed by atoms with Gasteiger partial charge in [-0.25, -0.2) is 0 Å². The Morgan fingerprint density at radius 2 is 2.11 bits per heavy atom. The van der Waals surface area contributed by atoms with Crippen LogP contribution >= 0.6 is 15.9 Å². The molecule has 0 radical (unpaired) electrons. The van der Waals surface area contributed by atoms with Gasteiger partial charge < -0.3 is 10.6 Å². The molecule has 0 saturated heterocycles. The largest absolute Gasteiger partial charge is 0.325 e. The van der Waals surface area contributed by atoms with E-state index in [0.29, 0.717) is 6.54 Å².